The predicted octanol–water partition coefficient (Wildman–Crippen LogP) is -0.815. The molecule has 2 N–H and O–H groups in total. The number of nitrogens with zero attached hydrogens (tertiary/aromatic N) is 1. The fourth-order valence-electron chi connectivity index (χ4n) is 2.21. The molecule has 0 atom stereocenters. The molecule has 20 heavy (non-hydrogen) atoms. The van der Waals surface area contributed by atoms with Crippen LogP contribution in [-0.2, 0) is 0 Å². The van der Waals surface area contributed by atoms with E-state index in [-0.39, 0.29) is 23.9 Å². The van der Waals surface area contributed by atoms with Crippen molar-refractivity contribution in [3.05, 3.63) is 28.6 Å². The van der Waals surface area contributed by atoms with Crippen molar-refractivity contribution < 1.29 is 27.0 Å². The molecule has 6 heteroatoms. The van der Waals surface area contributed by atoms with E-state index >= 15 is 0 Å². The number of quaternary nitrogens is 1. The maximum absolute atomic E-state index is 11.4. The highest BCUT2D eigenvalue weighted by molar-refractivity contribution is 5.93. The number of phenolic OH excluding ortho intramolecular Hbond substituents is 2. The van der Waals surface area contributed by atoms with Gasteiger partial charge in [0.15, 0.2) is 5.75 Å². The Hall–Kier alpha value is -1.72. The zero-order valence-corrected chi connectivity index (χ0v) is 12.4. The average Bonchev–Trinajstić information content (AvgIpc) is 2.40. The molecule has 0 fully saturated rings. The van der Waals surface area contributed by atoms with Gasteiger partial charge in [-0.1, -0.05) is 0 Å². The lowest BCUT2D eigenvalue weighted by Crippen LogP contribution is -3.00. The number of hydrogen-bond acceptors (Lipinski definition) is 4. The van der Waals surface area contributed by atoms with E-state index in [1.54, 1.807) is 6.07 Å². The molecule has 0 unspecified atom stereocenters. The maximum atomic E-state index is 11.4. The second kappa shape index (κ2) is 5.73. The summed E-state index contributed by atoms with van der Waals surface area (Å²) in [6, 6.07) is 4.27. The van der Waals surface area contributed by atoms with Crippen LogP contribution in [0.1, 0.15) is 13.8 Å². The highest BCUT2D eigenvalue weighted by atomic mass is 35.5. The van der Waals surface area contributed by atoms with E-state index < -0.39 is 5.63 Å². The second-order valence-corrected chi connectivity index (χ2v) is 4.79. The quantitative estimate of drug-likeness (QED) is 0.442. The monoisotopic (exact) mass is 299 g/mol. The first kappa shape index (κ1) is 16.3. The van der Waals surface area contributed by atoms with E-state index in [9.17, 15) is 15.0 Å². The van der Waals surface area contributed by atoms with Crippen molar-refractivity contribution in [2.45, 2.75) is 13.8 Å². The molecule has 0 radical (unpaired) electrons. The number of aromatic hydroxyl groups is 2. The topological polar surface area (TPSA) is 70.7 Å². The lowest BCUT2D eigenvalue weighted by atomic mass is 10.1. The molecular weight excluding hydrogens is 282 g/mol. The number of phenols is 2. The minimum atomic E-state index is -0.474. The summed E-state index contributed by atoms with van der Waals surface area (Å²) in [6.07, 6.45) is 0. The molecular formula is C14H18ClNO4. The van der Waals surface area contributed by atoms with Crippen molar-refractivity contribution in [3.8, 4) is 11.5 Å². The number of rotatable bonds is 3. The minimum Gasteiger partial charge on any atom is -1.00 e. The van der Waals surface area contributed by atoms with Crippen LogP contribution in [0.15, 0.2) is 27.4 Å². The molecule has 2 aromatic rings. The van der Waals surface area contributed by atoms with Crippen LogP contribution < -0.4 is 22.5 Å². The summed E-state index contributed by atoms with van der Waals surface area (Å²) in [7, 11) is 1.92. The Morgan fingerprint density at radius 3 is 2.35 bits per heavy atom. The standard InChI is InChI=1S/C14H17NO4.ClH/c1-4-15(3,5-2)12-13(18)10(16)8-9-6-7-11(17)19-14(9)12;/h6-8H,4-5H2,1-3H3,(H-,16,17,18);1H. The molecule has 0 spiro atoms. The van der Waals surface area contributed by atoms with Gasteiger partial charge in [-0.3, -0.25) is 4.48 Å². The maximum Gasteiger partial charge on any atom is 0.336 e. The molecule has 0 aliphatic heterocycles. The Morgan fingerprint density at radius 1 is 1.20 bits per heavy atom. The SMILES string of the molecule is CC[N+](C)(CC)c1c(O)c(O)cc2ccc(=O)oc12.[Cl-]. The predicted molar refractivity (Wildman–Crippen MR) is 74.6 cm³/mol. The lowest BCUT2D eigenvalue weighted by molar-refractivity contribution is -0.00000638. The zero-order chi connectivity index (χ0) is 14.2. The normalized spacial score (nSPS) is 11.3. The Morgan fingerprint density at radius 2 is 1.80 bits per heavy atom. The average molecular weight is 300 g/mol. The first-order valence-electron chi connectivity index (χ1n) is 6.27. The van der Waals surface area contributed by atoms with Crippen molar-refractivity contribution in [1.82, 2.24) is 4.48 Å². The number of benzene rings is 1. The van der Waals surface area contributed by atoms with Crippen molar-refractivity contribution in [2.75, 3.05) is 20.1 Å². The Labute approximate surface area is 123 Å². The van der Waals surface area contributed by atoms with Crippen LogP contribution in [-0.4, -0.2) is 30.4 Å². The Balaban J connectivity index is 0.00000200. The van der Waals surface area contributed by atoms with E-state index in [0.29, 0.717) is 34.2 Å². The van der Waals surface area contributed by atoms with Gasteiger partial charge in [-0.2, -0.15) is 0 Å². The van der Waals surface area contributed by atoms with Gasteiger partial charge in [0.05, 0.1) is 20.1 Å². The molecule has 2 rings (SSSR count). The fourth-order valence-corrected chi connectivity index (χ4v) is 2.21. The van der Waals surface area contributed by atoms with Crippen molar-refractivity contribution in [2.24, 2.45) is 0 Å². The molecule has 1 heterocycles. The summed E-state index contributed by atoms with van der Waals surface area (Å²) in [4.78, 5) is 11.4. The van der Waals surface area contributed by atoms with Crippen molar-refractivity contribution in [1.29, 1.82) is 0 Å². The van der Waals surface area contributed by atoms with Crippen LogP contribution >= 0.6 is 0 Å². The molecule has 0 aliphatic rings. The van der Waals surface area contributed by atoms with E-state index in [2.05, 4.69) is 0 Å². The van der Waals surface area contributed by atoms with Crippen LogP contribution in [0, 0.1) is 0 Å². The third kappa shape index (κ3) is 2.46. The fraction of sp³-hybridized carbons (Fsp3) is 0.357. The molecule has 1 aromatic carbocycles. The van der Waals surface area contributed by atoms with Crippen LogP contribution in [0.3, 0.4) is 0 Å². The number of halogens is 1. The van der Waals surface area contributed by atoms with Gasteiger partial charge < -0.3 is 27.0 Å². The minimum absolute atomic E-state index is 0. The van der Waals surface area contributed by atoms with Gasteiger partial charge in [-0.05, 0) is 26.0 Å². The largest absolute Gasteiger partial charge is 1.00 e. The van der Waals surface area contributed by atoms with Crippen LogP contribution in [0.2, 0.25) is 0 Å². The van der Waals surface area contributed by atoms with Crippen molar-refractivity contribution >= 4 is 16.7 Å². The van der Waals surface area contributed by atoms with E-state index in [1.807, 2.05) is 20.9 Å². The summed E-state index contributed by atoms with van der Waals surface area (Å²) in [5.41, 5.74) is 0.296. The van der Waals surface area contributed by atoms with Gasteiger partial charge in [-0.15, -0.1) is 0 Å². The zero-order valence-electron chi connectivity index (χ0n) is 11.7. The van der Waals surface area contributed by atoms with E-state index in [4.69, 9.17) is 4.42 Å². The highest BCUT2D eigenvalue weighted by Gasteiger charge is 2.31. The number of hydrogen-bond donors (Lipinski definition) is 2. The molecule has 0 amide bonds. The summed E-state index contributed by atoms with van der Waals surface area (Å²) >= 11 is 0. The van der Waals surface area contributed by atoms with Gasteiger partial charge in [0, 0.05) is 11.5 Å². The molecule has 0 bridgehead atoms. The smallest absolute Gasteiger partial charge is 0.336 e. The van der Waals surface area contributed by atoms with Gasteiger partial charge in [0.2, 0.25) is 17.0 Å². The summed E-state index contributed by atoms with van der Waals surface area (Å²) in [5, 5.41) is 20.6. The lowest BCUT2D eigenvalue weighted by Gasteiger charge is -2.32. The van der Waals surface area contributed by atoms with E-state index in [0.717, 1.165) is 0 Å². The van der Waals surface area contributed by atoms with Gasteiger partial charge in [0.25, 0.3) is 0 Å². The summed E-state index contributed by atoms with van der Waals surface area (Å²) in [6.45, 7) is 5.34. The molecule has 110 valence electrons. The molecule has 1 aromatic heterocycles. The van der Waals surface area contributed by atoms with Crippen LogP contribution in [0.25, 0.3) is 11.0 Å². The van der Waals surface area contributed by atoms with Crippen molar-refractivity contribution in [3.63, 3.8) is 0 Å². The molecule has 0 saturated heterocycles. The number of fused-ring (bicyclic) bond motifs is 1. The summed E-state index contributed by atoms with van der Waals surface area (Å²) < 4.78 is 5.60. The summed E-state index contributed by atoms with van der Waals surface area (Å²) in [5.74, 6) is -0.435. The third-order valence-corrected chi connectivity index (χ3v) is 3.77. The van der Waals surface area contributed by atoms with Gasteiger partial charge >= 0.3 is 5.63 Å². The third-order valence-electron chi connectivity index (χ3n) is 3.77. The van der Waals surface area contributed by atoms with Crippen LogP contribution in [0.5, 0.6) is 11.5 Å². The van der Waals surface area contributed by atoms with Gasteiger partial charge in [0.1, 0.15) is 0 Å². The molecule has 5 nitrogen and oxygen atoms in total. The first-order chi connectivity index (χ1) is 8.92. The Kier molecular flexibility index (Phi) is 4.68. The Bertz CT molecular complexity index is 677. The highest BCUT2D eigenvalue weighted by Crippen LogP contribution is 2.44. The molecule has 0 saturated carbocycles. The second-order valence-electron chi connectivity index (χ2n) is 4.79. The van der Waals surface area contributed by atoms with Crippen LogP contribution in [0.4, 0.5) is 5.69 Å². The first-order valence-corrected chi connectivity index (χ1v) is 6.27. The van der Waals surface area contributed by atoms with E-state index in [1.165, 1.54) is 12.1 Å². The van der Waals surface area contributed by atoms with Gasteiger partial charge in [-0.25, -0.2) is 4.79 Å². The molecule has 0 aliphatic carbocycles.